The van der Waals surface area contributed by atoms with E-state index in [4.69, 9.17) is 4.55 Å². The Bertz CT molecular complexity index is 126. The molecule has 1 radical (unpaired) electrons. The Morgan fingerprint density at radius 2 is 2.00 bits per heavy atom. The molecule has 0 aromatic rings. The van der Waals surface area contributed by atoms with Crippen LogP contribution in [-0.2, 0) is 10.1 Å². The molecule has 5 heteroatoms. The first kappa shape index (κ1) is 7.45. The normalized spacial score (nSPS) is 11.7. The summed E-state index contributed by atoms with van der Waals surface area (Å²) in [5, 5.41) is 0.596. The van der Waals surface area contributed by atoms with Gasteiger partial charge in [0.2, 0.25) is 0 Å². The van der Waals surface area contributed by atoms with Crippen molar-refractivity contribution in [2.75, 3.05) is 5.75 Å². The van der Waals surface area contributed by atoms with Crippen molar-refractivity contribution in [2.45, 2.75) is 5.25 Å². The van der Waals surface area contributed by atoms with Crippen LogP contribution in [0, 0.1) is 0 Å². The second-order valence-corrected chi connectivity index (χ2v) is 4.20. The minimum absolute atomic E-state index is 0.0764. The predicted molar refractivity (Wildman–Crippen MR) is 29.8 cm³/mol. The number of rotatable bonds is 2. The summed E-state index contributed by atoms with van der Waals surface area (Å²) in [4.78, 5) is 0. The molecular formula is C2H7GeO3S. The van der Waals surface area contributed by atoms with E-state index in [0.29, 0.717) is 5.25 Å². The molecule has 0 rings (SSSR count). The van der Waals surface area contributed by atoms with E-state index in [-0.39, 0.29) is 5.75 Å². The van der Waals surface area contributed by atoms with Crippen LogP contribution in [0.25, 0.3) is 0 Å². The average molecular weight is 184 g/mol. The van der Waals surface area contributed by atoms with Gasteiger partial charge in [-0.25, -0.2) is 0 Å². The van der Waals surface area contributed by atoms with Gasteiger partial charge >= 0.3 is 50.6 Å². The van der Waals surface area contributed by atoms with Crippen LogP contribution in [-0.4, -0.2) is 35.2 Å². The summed E-state index contributed by atoms with van der Waals surface area (Å²) in [5.41, 5.74) is 0. The average Bonchev–Trinajstić information content (AvgIpc) is 1.30. The topological polar surface area (TPSA) is 54.4 Å². The van der Waals surface area contributed by atoms with Crippen molar-refractivity contribution in [1.82, 2.24) is 0 Å². The molecular weight excluding hydrogens is 177 g/mol. The summed E-state index contributed by atoms with van der Waals surface area (Å²) < 4.78 is 27.6. The van der Waals surface area contributed by atoms with E-state index in [9.17, 15) is 8.42 Å². The molecule has 0 unspecified atom stereocenters. The molecule has 0 saturated carbocycles. The summed E-state index contributed by atoms with van der Waals surface area (Å²) in [6.45, 7) is 0. The van der Waals surface area contributed by atoms with Crippen LogP contribution < -0.4 is 0 Å². The van der Waals surface area contributed by atoms with E-state index in [1.165, 1.54) is 0 Å². The molecule has 0 aromatic carbocycles. The molecule has 1 N–H and O–H groups in total. The van der Waals surface area contributed by atoms with Crippen LogP contribution in [0.3, 0.4) is 0 Å². The molecule has 0 atom stereocenters. The Balaban J connectivity index is 3.60. The van der Waals surface area contributed by atoms with Crippen LogP contribution in [0.1, 0.15) is 0 Å². The standard InChI is InChI=1S/C2H7GeO3S/c3-1-2-7(4,5)6/h1-3H2,(H,4,5,6). The molecule has 7 heavy (non-hydrogen) atoms. The third-order valence-electron chi connectivity index (χ3n) is 0.402. The minimum atomic E-state index is -3.64. The molecule has 0 amide bonds. The summed E-state index contributed by atoms with van der Waals surface area (Å²) >= 11 is 0.916. The van der Waals surface area contributed by atoms with E-state index < -0.39 is 10.1 Å². The van der Waals surface area contributed by atoms with Gasteiger partial charge in [-0.1, -0.05) is 0 Å². The Morgan fingerprint density at radius 3 is 2.00 bits per heavy atom. The molecule has 0 aliphatic carbocycles. The van der Waals surface area contributed by atoms with Crippen LogP contribution >= 0.6 is 0 Å². The molecule has 0 aromatic heterocycles. The van der Waals surface area contributed by atoms with Gasteiger partial charge in [0.1, 0.15) is 0 Å². The molecule has 0 saturated heterocycles. The zero-order valence-corrected chi connectivity index (χ0v) is 7.58. The predicted octanol–water partition coefficient (Wildman–Crippen LogP) is -1.07. The van der Waals surface area contributed by atoms with Crippen LogP contribution in [0.2, 0.25) is 5.25 Å². The molecule has 0 aliphatic heterocycles. The van der Waals surface area contributed by atoms with Crippen molar-refractivity contribution in [3.8, 4) is 0 Å². The molecule has 3 nitrogen and oxygen atoms in total. The molecule has 0 fully saturated rings. The van der Waals surface area contributed by atoms with E-state index in [1.807, 2.05) is 0 Å². The van der Waals surface area contributed by atoms with Gasteiger partial charge < -0.3 is 0 Å². The van der Waals surface area contributed by atoms with E-state index in [2.05, 4.69) is 0 Å². The molecule has 0 bridgehead atoms. The third-order valence-corrected chi connectivity index (χ3v) is 3.02. The summed E-state index contributed by atoms with van der Waals surface area (Å²) in [6.07, 6.45) is 0. The summed E-state index contributed by atoms with van der Waals surface area (Å²) in [5.74, 6) is -0.0764. The van der Waals surface area contributed by atoms with E-state index in [1.54, 1.807) is 0 Å². The van der Waals surface area contributed by atoms with Crippen molar-refractivity contribution in [3.63, 3.8) is 0 Å². The van der Waals surface area contributed by atoms with Crippen LogP contribution in [0.4, 0.5) is 0 Å². The van der Waals surface area contributed by atoms with Gasteiger partial charge in [0.25, 0.3) is 0 Å². The maximum atomic E-state index is 9.81. The van der Waals surface area contributed by atoms with Crippen LogP contribution in [0.15, 0.2) is 0 Å². The molecule has 0 spiro atoms. The molecule has 0 heterocycles. The van der Waals surface area contributed by atoms with Gasteiger partial charge in [-0.05, 0) is 0 Å². The Labute approximate surface area is 51.1 Å². The SMILES string of the molecule is O=S(=O)(O)C[CH2][GeH2]. The second kappa shape index (κ2) is 2.69. The maximum absolute atomic E-state index is 9.81. The Hall–Kier alpha value is 0.453. The van der Waals surface area contributed by atoms with Gasteiger partial charge in [-0.15, -0.1) is 0 Å². The van der Waals surface area contributed by atoms with Crippen molar-refractivity contribution < 1.29 is 13.0 Å². The zero-order valence-electron chi connectivity index (χ0n) is 3.79. The summed E-state index contributed by atoms with van der Waals surface area (Å²) in [7, 11) is -3.64. The first-order valence-corrected chi connectivity index (χ1v) is 5.51. The van der Waals surface area contributed by atoms with Crippen molar-refractivity contribution in [3.05, 3.63) is 0 Å². The van der Waals surface area contributed by atoms with Gasteiger partial charge in [0.05, 0.1) is 0 Å². The molecule has 43 valence electrons. The van der Waals surface area contributed by atoms with Gasteiger partial charge in [0, 0.05) is 0 Å². The first-order valence-electron chi connectivity index (χ1n) is 1.80. The molecule has 0 aliphatic rings. The van der Waals surface area contributed by atoms with Gasteiger partial charge in [-0.3, -0.25) is 0 Å². The van der Waals surface area contributed by atoms with Gasteiger partial charge in [0.15, 0.2) is 0 Å². The zero-order chi connectivity index (χ0) is 5.91. The quantitative estimate of drug-likeness (QED) is 0.438. The van der Waals surface area contributed by atoms with Crippen molar-refractivity contribution >= 4 is 26.6 Å². The fourth-order valence-corrected chi connectivity index (χ4v) is 2.84. The second-order valence-electron chi connectivity index (χ2n) is 1.14. The van der Waals surface area contributed by atoms with Crippen molar-refractivity contribution in [1.29, 1.82) is 0 Å². The Kier molecular flexibility index (Phi) is 2.86. The van der Waals surface area contributed by atoms with E-state index in [0.717, 1.165) is 16.5 Å². The summed E-state index contributed by atoms with van der Waals surface area (Å²) in [6, 6.07) is 0. The fraction of sp³-hybridized carbons (Fsp3) is 1.00. The van der Waals surface area contributed by atoms with Crippen LogP contribution in [0.5, 0.6) is 0 Å². The number of hydrogen-bond acceptors (Lipinski definition) is 2. The monoisotopic (exact) mass is 185 g/mol. The van der Waals surface area contributed by atoms with E-state index >= 15 is 0 Å². The Morgan fingerprint density at radius 1 is 1.57 bits per heavy atom. The fourth-order valence-electron chi connectivity index (χ4n) is 0.182. The van der Waals surface area contributed by atoms with Crippen molar-refractivity contribution in [2.24, 2.45) is 0 Å². The third kappa shape index (κ3) is 6.45. The first-order chi connectivity index (χ1) is 3.06. The number of hydrogen-bond donors (Lipinski definition) is 1. The van der Waals surface area contributed by atoms with Gasteiger partial charge in [-0.2, -0.15) is 0 Å².